The van der Waals surface area contributed by atoms with E-state index in [1.807, 2.05) is 61.5 Å². The molecule has 2 aliphatic rings. The normalized spacial score (nSPS) is 26.9. The summed E-state index contributed by atoms with van der Waals surface area (Å²) in [5.41, 5.74) is -0.254. The molecule has 0 unspecified atom stereocenters. The number of nitrogens with zero attached hydrogens (tertiary/aromatic N) is 1. The molecule has 1 amide bonds. The van der Waals surface area contributed by atoms with Crippen LogP contribution < -0.4 is 4.74 Å². The van der Waals surface area contributed by atoms with Crippen molar-refractivity contribution in [3.05, 3.63) is 65.7 Å². The van der Waals surface area contributed by atoms with Gasteiger partial charge in [0, 0.05) is 12.4 Å². The Morgan fingerprint density at radius 3 is 2.39 bits per heavy atom. The van der Waals surface area contributed by atoms with Gasteiger partial charge in [-0.05, 0) is 36.6 Å². The number of hydrogen-bond donors (Lipinski definition) is 0. The molecular formula is C24H26ClNO5. The van der Waals surface area contributed by atoms with Gasteiger partial charge in [-0.2, -0.15) is 0 Å². The summed E-state index contributed by atoms with van der Waals surface area (Å²) in [6.07, 6.45) is 0.434. The van der Waals surface area contributed by atoms with Gasteiger partial charge >= 0.3 is 5.97 Å². The smallest absolute Gasteiger partial charge is 0.339 e. The number of alkyl halides is 1. The average Bonchev–Trinajstić information content (AvgIpc) is 2.91. The second-order valence-corrected chi connectivity index (χ2v) is 8.52. The number of carbonyl (C=O) groups is 2. The van der Waals surface area contributed by atoms with Crippen molar-refractivity contribution >= 4 is 23.5 Å². The van der Waals surface area contributed by atoms with Gasteiger partial charge in [-0.1, -0.05) is 42.5 Å². The average molecular weight is 444 g/mol. The molecule has 0 aliphatic carbocycles. The van der Waals surface area contributed by atoms with E-state index in [1.165, 1.54) is 0 Å². The fraction of sp³-hybridized carbons (Fsp3) is 0.417. The van der Waals surface area contributed by atoms with Crippen LogP contribution in [-0.2, 0) is 32.2 Å². The second kappa shape index (κ2) is 8.52. The van der Waals surface area contributed by atoms with E-state index in [9.17, 15) is 9.59 Å². The van der Waals surface area contributed by atoms with Crippen LogP contribution in [0.4, 0.5) is 0 Å². The fourth-order valence-corrected chi connectivity index (χ4v) is 4.89. The molecule has 0 saturated carbocycles. The largest absolute Gasteiger partial charge is 0.497 e. The highest BCUT2D eigenvalue weighted by molar-refractivity contribution is 6.18. The van der Waals surface area contributed by atoms with Crippen LogP contribution in [0.25, 0.3) is 0 Å². The Hall–Kier alpha value is -2.57. The number of amides is 1. The summed E-state index contributed by atoms with van der Waals surface area (Å²) in [6.45, 7) is 2.51. The van der Waals surface area contributed by atoms with Crippen molar-refractivity contribution < 1.29 is 23.8 Å². The maximum Gasteiger partial charge on any atom is 0.339 e. The number of ether oxygens (including phenoxy) is 3. The van der Waals surface area contributed by atoms with Gasteiger partial charge in [0.1, 0.15) is 5.75 Å². The van der Waals surface area contributed by atoms with Crippen LogP contribution in [0.3, 0.4) is 0 Å². The summed E-state index contributed by atoms with van der Waals surface area (Å²) in [5.74, 6) is -0.0253. The highest BCUT2D eigenvalue weighted by Gasteiger charge is 2.79. The van der Waals surface area contributed by atoms with Crippen LogP contribution in [0.5, 0.6) is 5.75 Å². The first-order valence-electron chi connectivity index (χ1n) is 10.3. The molecule has 6 nitrogen and oxygen atoms in total. The Morgan fingerprint density at radius 2 is 1.77 bits per heavy atom. The Balaban J connectivity index is 1.62. The number of fused-ring (bicyclic) bond motifs is 1. The predicted molar refractivity (Wildman–Crippen MR) is 116 cm³/mol. The molecular weight excluding hydrogens is 418 g/mol. The van der Waals surface area contributed by atoms with Gasteiger partial charge < -0.3 is 19.1 Å². The van der Waals surface area contributed by atoms with Crippen molar-refractivity contribution in [2.75, 3.05) is 19.6 Å². The number of likely N-dealkylation sites (tertiary alicyclic amines) is 1. The quantitative estimate of drug-likeness (QED) is 0.438. The number of benzene rings is 2. The van der Waals surface area contributed by atoms with E-state index in [0.717, 1.165) is 16.9 Å². The molecule has 2 heterocycles. The topological polar surface area (TPSA) is 65.1 Å². The maximum absolute atomic E-state index is 13.4. The Morgan fingerprint density at radius 1 is 1.06 bits per heavy atom. The van der Waals surface area contributed by atoms with Gasteiger partial charge in [-0.15, -0.1) is 11.6 Å². The first-order chi connectivity index (χ1) is 15.0. The summed E-state index contributed by atoms with van der Waals surface area (Å²) in [5, 5.41) is 0. The van der Waals surface area contributed by atoms with Crippen LogP contribution >= 0.6 is 11.6 Å². The molecule has 2 saturated heterocycles. The van der Waals surface area contributed by atoms with Crippen LogP contribution in [0.2, 0.25) is 0 Å². The first kappa shape index (κ1) is 21.7. The fourth-order valence-electron chi connectivity index (χ4n) is 4.67. The molecule has 4 rings (SSSR count). The molecule has 2 aromatic carbocycles. The van der Waals surface area contributed by atoms with Crippen molar-refractivity contribution in [3.8, 4) is 5.75 Å². The standard InChI is InChI=1S/C24H26ClNO5/c1-23-20(12-13-25)21(27)26(14-17-8-10-19(29-2)11-9-17)24(23,22(28)31-23)16-30-15-18-6-4-3-5-7-18/h3-11,20H,12-16H2,1-2H3/t20-,23-,24-/m0/s1. The van der Waals surface area contributed by atoms with Crippen molar-refractivity contribution in [1.82, 2.24) is 4.90 Å². The number of esters is 1. The van der Waals surface area contributed by atoms with Gasteiger partial charge in [0.2, 0.25) is 11.4 Å². The zero-order chi connectivity index (χ0) is 22.1. The Kier molecular flexibility index (Phi) is 5.95. The van der Waals surface area contributed by atoms with Crippen LogP contribution in [0.15, 0.2) is 54.6 Å². The Bertz CT molecular complexity index is 950. The molecule has 2 aromatic rings. The monoisotopic (exact) mass is 443 g/mol. The van der Waals surface area contributed by atoms with E-state index in [1.54, 1.807) is 12.0 Å². The molecule has 31 heavy (non-hydrogen) atoms. The summed E-state index contributed by atoms with van der Waals surface area (Å²) in [7, 11) is 1.60. The maximum atomic E-state index is 13.4. The van der Waals surface area contributed by atoms with Gasteiger partial charge in [0.05, 0.1) is 26.2 Å². The lowest BCUT2D eigenvalue weighted by Crippen LogP contribution is -2.76. The number of hydrogen-bond acceptors (Lipinski definition) is 5. The van der Waals surface area contributed by atoms with Gasteiger partial charge in [0.25, 0.3) is 0 Å². The first-order valence-corrected chi connectivity index (χ1v) is 10.8. The molecule has 3 atom stereocenters. The van der Waals surface area contributed by atoms with Crippen LogP contribution in [0.1, 0.15) is 24.5 Å². The molecule has 0 bridgehead atoms. The highest BCUT2D eigenvalue weighted by atomic mass is 35.5. The number of rotatable bonds is 9. The van der Waals surface area contributed by atoms with Crippen molar-refractivity contribution in [2.24, 2.45) is 5.92 Å². The third-order valence-corrected chi connectivity index (χ3v) is 6.69. The predicted octanol–water partition coefficient (Wildman–Crippen LogP) is 3.55. The van der Waals surface area contributed by atoms with Crippen molar-refractivity contribution in [1.29, 1.82) is 0 Å². The zero-order valence-corrected chi connectivity index (χ0v) is 18.4. The van der Waals surface area contributed by atoms with E-state index < -0.39 is 23.0 Å². The SMILES string of the molecule is COc1ccc(CN2C(=O)[C@H](CCCl)[C@]3(C)OC(=O)[C@]23COCc2ccccc2)cc1. The summed E-state index contributed by atoms with van der Waals surface area (Å²) in [4.78, 5) is 28.0. The molecule has 0 radical (unpaired) electrons. The number of carbonyl (C=O) groups excluding carboxylic acids is 2. The Labute approximate surface area is 187 Å². The molecule has 7 heteroatoms. The van der Waals surface area contributed by atoms with E-state index >= 15 is 0 Å². The molecule has 0 N–H and O–H groups in total. The summed E-state index contributed by atoms with van der Waals surface area (Å²) < 4.78 is 16.8. The van der Waals surface area contributed by atoms with E-state index in [0.29, 0.717) is 18.9 Å². The van der Waals surface area contributed by atoms with Gasteiger partial charge in [0.15, 0.2) is 5.60 Å². The molecule has 2 fully saturated rings. The molecule has 0 spiro atoms. The van der Waals surface area contributed by atoms with E-state index in [4.69, 9.17) is 25.8 Å². The minimum Gasteiger partial charge on any atom is -0.497 e. The molecule has 164 valence electrons. The van der Waals surface area contributed by atoms with E-state index in [2.05, 4.69) is 0 Å². The summed E-state index contributed by atoms with van der Waals surface area (Å²) in [6, 6.07) is 17.2. The van der Waals surface area contributed by atoms with Crippen LogP contribution in [-0.4, -0.2) is 47.5 Å². The lowest BCUT2D eigenvalue weighted by molar-refractivity contribution is -0.243. The summed E-state index contributed by atoms with van der Waals surface area (Å²) >= 11 is 6.00. The van der Waals surface area contributed by atoms with Crippen molar-refractivity contribution in [3.63, 3.8) is 0 Å². The number of methoxy groups -OCH3 is 1. The zero-order valence-electron chi connectivity index (χ0n) is 17.7. The third-order valence-electron chi connectivity index (χ3n) is 6.47. The number of halogens is 1. The van der Waals surface area contributed by atoms with E-state index in [-0.39, 0.29) is 19.1 Å². The molecule has 2 aliphatic heterocycles. The second-order valence-electron chi connectivity index (χ2n) is 8.14. The van der Waals surface area contributed by atoms with Crippen molar-refractivity contribution in [2.45, 2.75) is 37.6 Å². The lowest BCUT2D eigenvalue weighted by Gasteiger charge is -2.53. The van der Waals surface area contributed by atoms with Gasteiger partial charge in [-0.25, -0.2) is 4.79 Å². The highest BCUT2D eigenvalue weighted by Crippen LogP contribution is 2.55. The minimum absolute atomic E-state index is 0.0674. The van der Waals surface area contributed by atoms with Gasteiger partial charge in [-0.3, -0.25) is 4.79 Å². The minimum atomic E-state index is -1.17. The lowest BCUT2D eigenvalue weighted by atomic mass is 9.71. The molecule has 0 aromatic heterocycles. The third kappa shape index (κ3) is 3.48. The van der Waals surface area contributed by atoms with Crippen LogP contribution in [0, 0.1) is 5.92 Å².